The van der Waals surface area contributed by atoms with Crippen LogP contribution in [0.2, 0.25) is 10.0 Å². The van der Waals surface area contributed by atoms with Crippen LogP contribution in [-0.2, 0) is 14.8 Å². The molecule has 10 heteroatoms. The lowest BCUT2D eigenvalue weighted by Gasteiger charge is -2.31. The van der Waals surface area contributed by atoms with Gasteiger partial charge in [-0.2, -0.15) is 4.31 Å². The van der Waals surface area contributed by atoms with Crippen LogP contribution in [-0.4, -0.2) is 44.9 Å². The molecule has 0 atom stereocenters. The standard InChI is InChI=1S/C20H20Cl2N2O5S/c21-16-3-1-14(11-17(16)22)23-20(25)13-5-7-24(8-6-13)30(26,27)15-2-4-18-19(12-15)29-10-9-28-18/h1-4,11-13H,5-10H2,(H,23,25). The number of anilines is 1. The summed E-state index contributed by atoms with van der Waals surface area (Å²) >= 11 is 11.9. The Hall–Kier alpha value is -2.00. The van der Waals surface area contributed by atoms with Crippen LogP contribution in [0.1, 0.15) is 12.8 Å². The molecule has 0 bridgehead atoms. The third-order valence-corrected chi connectivity index (χ3v) is 7.80. The van der Waals surface area contributed by atoms with E-state index in [1.54, 1.807) is 24.3 Å². The number of benzene rings is 2. The van der Waals surface area contributed by atoms with Crippen molar-refractivity contribution in [3.63, 3.8) is 0 Å². The average Bonchev–Trinajstić information content (AvgIpc) is 2.76. The van der Waals surface area contributed by atoms with Crippen LogP contribution in [0.15, 0.2) is 41.3 Å². The van der Waals surface area contributed by atoms with Crippen molar-refractivity contribution in [3.05, 3.63) is 46.4 Å². The number of nitrogens with one attached hydrogen (secondary N) is 1. The number of carbonyl (C=O) groups is 1. The van der Waals surface area contributed by atoms with Crippen LogP contribution < -0.4 is 14.8 Å². The third-order valence-electron chi connectivity index (χ3n) is 5.16. The van der Waals surface area contributed by atoms with Crippen molar-refractivity contribution in [2.75, 3.05) is 31.6 Å². The molecular formula is C20H20Cl2N2O5S. The van der Waals surface area contributed by atoms with E-state index in [0.717, 1.165) is 0 Å². The molecule has 2 aliphatic heterocycles. The predicted molar refractivity (Wildman–Crippen MR) is 114 cm³/mol. The van der Waals surface area contributed by atoms with Gasteiger partial charge in [0.1, 0.15) is 13.2 Å². The van der Waals surface area contributed by atoms with Gasteiger partial charge in [-0.1, -0.05) is 23.2 Å². The minimum Gasteiger partial charge on any atom is -0.486 e. The average molecular weight is 471 g/mol. The number of halogens is 2. The molecule has 1 saturated heterocycles. The smallest absolute Gasteiger partial charge is 0.243 e. The Kier molecular flexibility index (Phi) is 6.11. The highest BCUT2D eigenvalue weighted by Crippen LogP contribution is 2.34. The van der Waals surface area contributed by atoms with Gasteiger partial charge in [0.05, 0.1) is 14.9 Å². The van der Waals surface area contributed by atoms with Crippen molar-refractivity contribution in [1.29, 1.82) is 0 Å². The number of amides is 1. The van der Waals surface area contributed by atoms with Crippen LogP contribution in [0, 0.1) is 5.92 Å². The topological polar surface area (TPSA) is 84.9 Å². The van der Waals surface area contributed by atoms with E-state index < -0.39 is 10.0 Å². The number of piperidine rings is 1. The molecule has 1 amide bonds. The molecule has 4 rings (SSSR count). The molecule has 2 heterocycles. The molecule has 0 spiro atoms. The van der Waals surface area contributed by atoms with Gasteiger partial charge in [-0.25, -0.2) is 8.42 Å². The van der Waals surface area contributed by atoms with E-state index in [2.05, 4.69) is 5.32 Å². The maximum Gasteiger partial charge on any atom is 0.243 e. The molecule has 1 fully saturated rings. The second-order valence-corrected chi connectivity index (χ2v) is 9.85. The Bertz CT molecular complexity index is 1070. The van der Waals surface area contributed by atoms with E-state index in [-0.39, 0.29) is 29.8 Å². The molecule has 0 saturated carbocycles. The van der Waals surface area contributed by atoms with Gasteiger partial charge in [-0.05, 0) is 43.2 Å². The van der Waals surface area contributed by atoms with Crippen molar-refractivity contribution < 1.29 is 22.7 Å². The van der Waals surface area contributed by atoms with E-state index in [4.69, 9.17) is 32.7 Å². The normalized spacial score (nSPS) is 17.5. The Morgan fingerprint density at radius 1 is 0.967 bits per heavy atom. The van der Waals surface area contributed by atoms with E-state index in [9.17, 15) is 13.2 Å². The van der Waals surface area contributed by atoms with Crippen molar-refractivity contribution in [3.8, 4) is 11.5 Å². The van der Waals surface area contributed by atoms with Gasteiger partial charge in [-0.15, -0.1) is 0 Å². The molecule has 0 aromatic heterocycles. The summed E-state index contributed by atoms with van der Waals surface area (Å²) in [5.41, 5.74) is 0.556. The number of hydrogen-bond donors (Lipinski definition) is 1. The van der Waals surface area contributed by atoms with Crippen LogP contribution in [0.4, 0.5) is 5.69 Å². The summed E-state index contributed by atoms with van der Waals surface area (Å²) in [4.78, 5) is 12.7. The Morgan fingerprint density at radius 3 is 2.37 bits per heavy atom. The minimum absolute atomic E-state index is 0.158. The highest BCUT2D eigenvalue weighted by atomic mass is 35.5. The summed E-state index contributed by atoms with van der Waals surface area (Å²) in [6.07, 6.45) is 0.855. The number of sulfonamides is 1. The quantitative estimate of drug-likeness (QED) is 0.734. The highest BCUT2D eigenvalue weighted by molar-refractivity contribution is 7.89. The van der Waals surface area contributed by atoms with Crippen LogP contribution in [0.3, 0.4) is 0 Å². The van der Waals surface area contributed by atoms with E-state index >= 15 is 0 Å². The fraction of sp³-hybridized carbons (Fsp3) is 0.350. The molecule has 1 N–H and O–H groups in total. The SMILES string of the molecule is O=C(Nc1ccc(Cl)c(Cl)c1)C1CCN(S(=O)(=O)c2ccc3c(c2)OCCO3)CC1. The van der Waals surface area contributed by atoms with Crippen LogP contribution in [0.25, 0.3) is 0 Å². The summed E-state index contributed by atoms with van der Waals surface area (Å²) in [6, 6.07) is 9.50. The Labute approximate surface area is 184 Å². The number of nitrogens with zero attached hydrogens (tertiary/aromatic N) is 1. The second-order valence-electron chi connectivity index (χ2n) is 7.10. The zero-order chi connectivity index (χ0) is 21.3. The van der Waals surface area contributed by atoms with Gasteiger partial charge >= 0.3 is 0 Å². The number of ether oxygens (including phenoxy) is 2. The summed E-state index contributed by atoms with van der Waals surface area (Å²) in [7, 11) is -3.68. The lowest BCUT2D eigenvalue weighted by Crippen LogP contribution is -2.41. The zero-order valence-electron chi connectivity index (χ0n) is 15.9. The molecule has 0 aliphatic carbocycles. The number of carbonyl (C=O) groups excluding carboxylic acids is 1. The summed E-state index contributed by atoms with van der Waals surface area (Å²) in [6.45, 7) is 1.35. The van der Waals surface area contributed by atoms with Crippen molar-refractivity contribution in [2.24, 2.45) is 5.92 Å². The minimum atomic E-state index is -3.68. The van der Waals surface area contributed by atoms with Gasteiger partial charge < -0.3 is 14.8 Å². The summed E-state index contributed by atoms with van der Waals surface area (Å²) in [5, 5.41) is 3.58. The monoisotopic (exact) mass is 470 g/mol. The molecule has 2 aromatic rings. The number of hydrogen-bond acceptors (Lipinski definition) is 5. The molecule has 30 heavy (non-hydrogen) atoms. The first kappa shape index (κ1) is 21.2. The van der Waals surface area contributed by atoms with Crippen molar-refractivity contribution in [2.45, 2.75) is 17.7 Å². The highest BCUT2D eigenvalue weighted by Gasteiger charge is 2.33. The number of fused-ring (bicyclic) bond motifs is 1. The van der Waals surface area contributed by atoms with E-state index in [1.165, 1.54) is 16.4 Å². The second kappa shape index (κ2) is 8.63. The van der Waals surface area contributed by atoms with Gasteiger partial charge in [0, 0.05) is 30.8 Å². The fourth-order valence-corrected chi connectivity index (χ4v) is 5.29. The third kappa shape index (κ3) is 4.37. The molecule has 0 unspecified atom stereocenters. The van der Waals surface area contributed by atoms with Gasteiger partial charge in [-0.3, -0.25) is 4.79 Å². The first-order valence-electron chi connectivity index (χ1n) is 9.50. The lowest BCUT2D eigenvalue weighted by molar-refractivity contribution is -0.120. The fourth-order valence-electron chi connectivity index (χ4n) is 3.51. The largest absolute Gasteiger partial charge is 0.486 e. The van der Waals surface area contributed by atoms with E-state index in [1.807, 2.05) is 0 Å². The van der Waals surface area contributed by atoms with Crippen molar-refractivity contribution in [1.82, 2.24) is 4.31 Å². The summed E-state index contributed by atoms with van der Waals surface area (Å²) in [5.74, 6) is 0.520. The molecule has 2 aliphatic rings. The maximum absolute atomic E-state index is 13.0. The number of rotatable bonds is 4. The zero-order valence-corrected chi connectivity index (χ0v) is 18.3. The summed E-state index contributed by atoms with van der Waals surface area (Å²) < 4.78 is 38.4. The predicted octanol–water partition coefficient (Wildman–Crippen LogP) is 3.80. The van der Waals surface area contributed by atoms with Crippen molar-refractivity contribution >= 4 is 44.8 Å². The van der Waals surface area contributed by atoms with Crippen LogP contribution in [0.5, 0.6) is 11.5 Å². The first-order valence-corrected chi connectivity index (χ1v) is 11.7. The first-order chi connectivity index (χ1) is 14.3. The molecule has 160 valence electrons. The Morgan fingerprint density at radius 2 is 1.67 bits per heavy atom. The molecule has 0 radical (unpaired) electrons. The van der Waals surface area contributed by atoms with Gasteiger partial charge in [0.25, 0.3) is 0 Å². The molecular weight excluding hydrogens is 451 g/mol. The lowest BCUT2D eigenvalue weighted by atomic mass is 9.97. The van der Waals surface area contributed by atoms with Crippen LogP contribution >= 0.6 is 23.2 Å². The maximum atomic E-state index is 13.0. The molecule has 7 nitrogen and oxygen atoms in total. The van der Waals surface area contributed by atoms with Gasteiger partial charge in [0.2, 0.25) is 15.9 Å². The Balaban J connectivity index is 1.39. The van der Waals surface area contributed by atoms with E-state index in [0.29, 0.717) is 53.3 Å². The molecule has 2 aromatic carbocycles. The van der Waals surface area contributed by atoms with Gasteiger partial charge in [0.15, 0.2) is 11.5 Å².